The molecule has 8 heteroatoms. The number of fused-ring (bicyclic) bond motifs is 1. The Morgan fingerprint density at radius 2 is 1.52 bits per heavy atom. The lowest BCUT2D eigenvalue weighted by Gasteiger charge is -2.41. The Hall–Kier alpha value is -3.26. The van der Waals surface area contributed by atoms with Gasteiger partial charge in [0.2, 0.25) is 5.91 Å². The quantitative estimate of drug-likeness (QED) is 0.270. The lowest BCUT2D eigenvalue weighted by atomic mass is 9.73. The highest BCUT2D eigenvalue weighted by Crippen LogP contribution is 2.49. The predicted octanol–water partition coefficient (Wildman–Crippen LogP) is 8.61. The molecule has 1 amide bonds. The fraction of sp³-hybridized carbons (Fsp3) is 0.472. The molecule has 1 saturated carbocycles. The molecule has 0 radical (unpaired) electrons. The van der Waals surface area contributed by atoms with Gasteiger partial charge in [0.1, 0.15) is 11.6 Å². The first-order chi connectivity index (χ1) is 20.9. The summed E-state index contributed by atoms with van der Waals surface area (Å²) in [5, 5.41) is 0. The van der Waals surface area contributed by atoms with Crippen molar-refractivity contribution in [2.75, 3.05) is 19.6 Å². The second-order valence-corrected chi connectivity index (χ2v) is 13.2. The average Bonchev–Trinajstić information content (AvgIpc) is 3.48. The van der Waals surface area contributed by atoms with Gasteiger partial charge in [0, 0.05) is 19.1 Å². The van der Waals surface area contributed by atoms with E-state index in [9.17, 15) is 26.7 Å². The third-order valence-corrected chi connectivity index (χ3v) is 10.6. The SMILES string of the molecule is CC(C)C1(C(=O)N2CCc3c(F)cc(C(F)(F)F)cc3C2)CCC(N2CCC(c3ccc(-c4ccc(F)cc4)cc3)CC2)C1. The number of hydrogen-bond acceptors (Lipinski definition) is 2. The number of nitrogens with zero attached hydrogens (tertiary/aromatic N) is 2. The van der Waals surface area contributed by atoms with Crippen molar-refractivity contribution in [3.05, 3.63) is 94.6 Å². The topological polar surface area (TPSA) is 23.6 Å². The Morgan fingerprint density at radius 1 is 0.886 bits per heavy atom. The number of piperidine rings is 1. The van der Waals surface area contributed by atoms with E-state index in [2.05, 4.69) is 43.0 Å². The molecule has 0 aromatic heterocycles. The van der Waals surface area contributed by atoms with Crippen LogP contribution in [0.25, 0.3) is 11.1 Å². The summed E-state index contributed by atoms with van der Waals surface area (Å²) in [6, 6.07) is 17.0. The summed E-state index contributed by atoms with van der Waals surface area (Å²) < 4.78 is 68.0. The van der Waals surface area contributed by atoms with Crippen molar-refractivity contribution < 1.29 is 26.7 Å². The average molecular weight is 611 g/mol. The van der Waals surface area contributed by atoms with Gasteiger partial charge in [0.15, 0.2) is 0 Å². The van der Waals surface area contributed by atoms with Crippen LogP contribution in [0.2, 0.25) is 0 Å². The molecule has 0 spiro atoms. The molecule has 3 nitrogen and oxygen atoms in total. The number of amides is 1. The molecule has 2 heterocycles. The Bertz CT molecular complexity index is 1490. The number of likely N-dealkylation sites (tertiary alicyclic amines) is 1. The van der Waals surface area contributed by atoms with Gasteiger partial charge in [-0.25, -0.2) is 8.78 Å². The number of benzene rings is 3. The molecule has 2 fully saturated rings. The molecule has 234 valence electrons. The van der Waals surface area contributed by atoms with Crippen LogP contribution in [0.15, 0.2) is 60.7 Å². The fourth-order valence-electron chi connectivity index (χ4n) is 7.81. The predicted molar refractivity (Wildman–Crippen MR) is 161 cm³/mol. The van der Waals surface area contributed by atoms with Gasteiger partial charge in [0.05, 0.1) is 11.0 Å². The minimum Gasteiger partial charge on any atom is -0.338 e. The molecule has 44 heavy (non-hydrogen) atoms. The maximum absolute atomic E-state index is 14.6. The number of alkyl halides is 3. The summed E-state index contributed by atoms with van der Waals surface area (Å²) in [6.45, 7) is 6.38. The van der Waals surface area contributed by atoms with Gasteiger partial charge in [-0.2, -0.15) is 13.2 Å². The van der Waals surface area contributed by atoms with E-state index >= 15 is 0 Å². The molecule has 6 rings (SSSR count). The Balaban J connectivity index is 1.09. The third kappa shape index (κ3) is 5.90. The monoisotopic (exact) mass is 610 g/mol. The largest absolute Gasteiger partial charge is 0.416 e. The zero-order chi connectivity index (χ0) is 31.2. The first kappa shape index (κ1) is 30.8. The Labute approximate surface area is 256 Å². The smallest absolute Gasteiger partial charge is 0.338 e. The summed E-state index contributed by atoms with van der Waals surface area (Å²) in [7, 11) is 0. The molecule has 1 aliphatic carbocycles. The molecule has 3 aliphatic rings. The van der Waals surface area contributed by atoms with Crippen LogP contribution in [0.3, 0.4) is 0 Å². The zero-order valence-electron chi connectivity index (χ0n) is 25.3. The van der Waals surface area contributed by atoms with Gasteiger partial charge in [0.25, 0.3) is 0 Å². The first-order valence-corrected chi connectivity index (χ1v) is 15.7. The van der Waals surface area contributed by atoms with Crippen molar-refractivity contribution in [3.63, 3.8) is 0 Å². The van der Waals surface area contributed by atoms with E-state index in [4.69, 9.17) is 0 Å². The van der Waals surface area contributed by atoms with Gasteiger partial charge in [-0.05, 0) is 116 Å². The van der Waals surface area contributed by atoms with Crippen LogP contribution in [0, 0.1) is 23.0 Å². The number of hydrogen-bond donors (Lipinski definition) is 0. The van der Waals surface area contributed by atoms with Gasteiger partial charge in [-0.15, -0.1) is 0 Å². The molecule has 2 aliphatic heterocycles. The van der Waals surface area contributed by atoms with E-state index in [1.807, 2.05) is 0 Å². The van der Waals surface area contributed by atoms with Crippen LogP contribution in [-0.2, 0) is 23.9 Å². The molecular weight excluding hydrogens is 571 g/mol. The van der Waals surface area contributed by atoms with E-state index in [0.717, 1.165) is 62.4 Å². The normalized spacial score (nSPS) is 23.3. The minimum atomic E-state index is -4.64. The van der Waals surface area contributed by atoms with E-state index in [0.29, 0.717) is 18.5 Å². The summed E-state index contributed by atoms with van der Waals surface area (Å²) in [5.74, 6) is -0.548. The van der Waals surface area contributed by atoms with Crippen molar-refractivity contribution in [1.82, 2.24) is 9.80 Å². The summed E-state index contributed by atoms with van der Waals surface area (Å²) >= 11 is 0. The molecule has 2 unspecified atom stereocenters. The maximum atomic E-state index is 14.6. The molecular formula is C36H39F5N2O. The molecule has 0 bridgehead atoms. The zero-order valence-corrected chi connectivity index (χ0v) is 25.3. The van der Waals surface area contributed by atoms with E-state index < -0.39 is 23.0 Å². The minimum absolute atomic E-state index is 0.00500. The second-order valence-electron chi connectivity index (χ2n) is 13.2. The number of carbonyl (C=O) groups is 1. The first-order valence-electron chi connectivity index (χ1n) is 15.7. The molecule has 2 atom stereocenters. The van der Waals surface area contributed by atoms with Crippen molar-refractivity contribution >= 4 is 5.91 Å². The van der Waals surface area contributed by atoms with Gasteiger partial charge in [-0.3, -0.25) is 4.79 Å². The van der Waals surface area contributed by atoms with Crippen LogP contribution < -0.4 is 0 Å². The molecule has 3 aromatic carbocycles. The van der Waals surface area contributed by atoms with E-state index in [1.54, 1.807) is 17.0 Å². The van der Waals surface area contributed by atoms with Crippen LogP contribution in [0.4, 0.5) is 22.0 Å². The number of rotatable bonds is 5. The lowest BCUT2D eigenvalue weighted by molar-refractivity contribution is -0.146. The van der Waals surface area contributed by atoms with Crippen molar-refractivity contribution in [2.45, 2.75) is 77.1 Å². The van der Waals surface area contributed by atoms with Crippen LogP contribution in [-0.4, -0.2) is 41.4 Å². The van der Waals surface area contributed by atoms with E-state index in [1.165, 1.54) is 17.7 Å². The van der Waals surface area contributed by atoms with Crippen LogP contribution in [0.1, 0.15) is 74.1 Å². The molecule has 0 N–H and O–H groups in total. The summed E-state index contributed by atoms with van der Waals surface area (Å²) in [4.78, 5) is 18.3. The highest BCUT2D eigenvalue weighted by Gasteiger charge is 2.51. The van der Waals surface area contributed by atoms with Crippen molar-refractivity contribution in [2.24, 2.45) is 11.3 Å². The third-order valence-electron chi connectivity index (χ3n) is 10.6. The Morgan fingerprint density at radius 3 is 2.14 bits per heavy atom. The van der Waals surface area contributed by atoms with Gasteiger partial charge >= 0.3 is 6.18 Å². The van der Waals surface area contributed by atoms with Gasteiger partial charge < -0.3 is 9.80 Å². The Kier molecular flexibility index (Phi) is 8.33. The number of carbonyl (C=O) groups excluding carboxylic acids is 1. The highest BCUT2D eigenvalue weighted by atomic mass is 19.4. The summed E-state index contributed by atoms with van der Waals surface area (Å²) in [6.07, 6.45) is 0.0519. The van der Waals surface area contributed by atoms with Crippen molar-refractivity contribution in [1.29, 1.82) is 0 Å². The maximum Gasteiger partial charge on any atom is 0.416 e. The van der Waals surface area contributed by atoms with Crippen LogP contribution in [0.5, 0.6) is 0 Å². The lowest BCUT2D eigenvalue weighted by Crippen LogP contribution is -2.49. The van der Waals surface area contributed by atoms with Crippen LogP contribution >= 0.6 is 0 Å². The number of halogens is 5. The fourth-order valence-corrected chi connectivity index (χ4v) is 7.81. The molecule has 1 saturated heterocycles. The summed E-state index contributed by atoms with van der Waals surface area (Å²) in [5.41, 5.74) is 2.34. The second kappa shape index (κ2) is 11.9. The molecule has 3 aromatic rings. The standard InChI is InChI=1S/C36H39F5N2O/c1-23(2)35(34(44)43-18-14-32-28(22-43)19-29(20-33(32)38)36(39,40)41)15-11-31(21-35)42-16-12-27(13-17-42)25-5-3-24(4-6-25)26-7-9-30(37)10-8-26/h3-10,19-20,23,27,31H,11-18,21-22H2,1-2H3. The van der Waals surface area contributed by atoms with E-state index in [-0.39, 0.29) is 47.8 Å². The highest BCUT2D eigenvalue weighted by molar-refractivity contribution is 5.84. The van der Waals surface area contributed by atoms with Gasteiger partial charge in [-0.1, -0.05) is 50.2 Å². The van der Waals surface area contributed by atoms with Crippen molar-refractivity contribution in [3.8, 4) is 11.1 Å².